The third kappa shape index (κ3) is 3.62. The summed E-state index contributed by atoms with van der Waals surface area (Å²) in [6.45, 7) is 8.37. The van der Waals surface area contributed by atoms with E-state index in [9.17, 15) is 24.6 Å². The highest BCUT2D eigenvalue weighted by molar-refractivity contribution is 6.01. The number of Topliss-reactive ketones (excluding diaryl/α,β-unsaturated/α-hetero) is 1. The molecular formula is C28H40FNO6. The van der Waals surface area contributed by atoms with Crippen LogP contribution in [0.2, 0.25) is 0 Å². The largest absolute Gasteiger partial charge is 0.432 e. The zero-order chi connectivity index (χ0) is 26.7. The molecule has 4 aliphatic carbocycles. The molecule has 0 saturated heterocycles. The Hall–Kier alpha value is -2.06. The van der Waals surface area contributed by atoms with Crippen molar-refractivity contribution in [2.24, 2.45) is 28.6 Å². The third-order valence-electron chi connectivity index (χ3n) is 9.93. The third-order valence-corrected chi connectivity index (χ3v) is 9.93. The van der Waals surface area contributed by atoms with E-state index in [1.54, 1.807) is 26.8 Å². The highest BCUT2D eigenvalue weighted by Crippen LogP contribution is 2.67. The summed E-state index contributed by atoms with van der Waals surface area (Å²) in [4.78, 5) is 38.9. The molecule has 1 amide bonds. The van der Waals surface area contributed by atoms with Crippen LogP contribution in [-0.2, 0) is 14.3 Å². The van der Waals surface area contributed by atoms with Gasteiger partial charge in [0.05, 0.1) is 12.7 Å². The second kappa shape index (κ2) is 9.05. The van der Waals surface area contributed by atoms with E-state index < -0.39 is 64.4 Å². The van der Waals surface area contributed by atoms with Gasteiger partial charge in [-0.2, -0.15) is 0 Å². The lowest BCUT2D eigenvalue weighted by molar-refractivity contribution is -0.225. The van der Waals surface area contributed by atoms with Gasteiger partial charge in [0.15, 0.2) is 22.8 Å². The number of ether oxygens (including phenoxy) is 1. The highest BCUT2D eigenvalue weighted by atomic mass is 19.1. The highest BCUT2D eigenvalue weighted by Gasteiger charge is 2.73. The van der Waals surface area contributed by atoms with Crippen molar-refractivity contribution in [1.29, 1.82) is 0 Å². The number of halogens is 1. The quantitative estimate of drug-likeness (QED) is 0.524. The van der Waals surface area contributed by atoms with Crippen molar-refractivity contribution in [2.75, 3.05) is 6.61 Å². The van der Waals surface area contributed by atoms with Crippen LogP contribution in [-0.4, -0.2) is 57.9 Å². The van der Waals surface area contributed by atoms with Gasteiger partial charge < -0.3 is 20.3 Å². The van der Waals surface area contributed by atoms with Crippen molar-refractivity contribution in [1.82, 2.24) is 5.32 Å². The molecule has 0 radical (unpaired) electrons. The molecule has 0 aromatic carbocycles. The van der Waals surface area contributed by atoms with Crippen molar-refractivity contribution in [2.45, 2.75) is 96.6 Å². The fraction of sp³-hybridized carbons (Fsp3) is 0.750. The molecule has 4 aliphatic rings. The fourth-order valence-electron chi connectivity index (χ4n) is 7.84. The molecule has 3 saturated carbocycles. The lowest BCUT2D eigenvalue weighted by atomic mass is 9.41. The number of aliphatic hydroxyl groups excluding tert-OH is 2. The van der Waals surface area contributed by atoms with Gasteiger partial charge in [-0.15, -0.1) is 0 Å². The summed E-state index contributed by atoms with van der Waals surface area (Å²) in [6.07, 6.45) is 4.92. The Morgan fingerprint density at radius 1 is 1.31 bits per heavy atom. The number of nitrogens with one attached hydrogen (secondary N) is 1. The Morgan fingerprint density at radius 3 is 2.64 bits per heavy atom. The van der Waals surface area contributed by atoms with Crippen LogP contribution >= 0.6 is 0 Å². The van der Waals surface area contributed by atoms with Crippen LogP contribution < -0.4 is 5.32 Å². The van der Waals surface area contributed by atoms with E-state index in [0.717, 1.165) is 12.8 Å². The van der Waals surface area contributed by atoms with Gasteiger partial charge in [0.25, 0.3) is 0 Å². The molecular weight excluding hydrogens is 465 g/mol. The number of fused-ring (bicyclic) bond motifs is 5. The fourth-order valence-corrected chi connectivity index (χ4v) is 7.84. The number of carbonyl (C=O) groups excluding carboxylic acids is 3. The van der Waals surface area contributed by atoms with Crippen LogP contribution in [0.4, 0.5) is 9.18 Å². The molecule has 4 rings (SSSR count). The second-order valence-electron chi connectivity index (χ2n) is 12.0. The number of amides is 1. The molecule has 3 fully saturated rings. The average molecular weight is 506 g/mol. The summed E-state index contributed by atoms with van der Waals surface area (Å²) in [5, 5.41) is 24.5. The Labute approximate surface area is 212 Å². The van der Waals surface area contributed by atoms with Crippen LogP contribution in [0, 0.1) is 28.6 Å². The summed E-state index contributed by atoms with van der Waals surface area (Å²) in [5.41, 5.74) is -5.47. The maximum Gasteiger partial charge on any atom is 0.408 e. The first-order chi connectivity index (χ1) is 16.8. The molecule has 0 heterocycles. The Balaban J connectivity index is 1.69. The van der Waals surface area contributed by atoms with Crippen LogP contribution in [0.5, 0.6) is 0 Å². The average Bonchev–Trinajstić information content (AvgIpc) is 2.80. The van der Waals surface area contributed by atoms with Gasteiger partial charge >= 0.3 is 6.09 Å². The number of hydrogen-bond acceptors (Lipinski definition) is 6. The minimum absolute atomic E-state index is 0.153. The molecule has 0 aromatic heterocycles. The first-order valence-electron chi connectivity index (χ1n) is 13.3. The van der Waals surface area contributed by atoms with Gasteiger partial charge in [0, 0.05) is 28.7 Å². The summed E-state index contributed by atoms with van der Waals surface area (Å²) >= 11 is 0. The van der Waals surface area contributed by atoms with Crippen molar-refractivity contribution >= 4 is 17.7 Å². The maximum absolute atomic E-state index is 17.2. The van der Waals surface area contributed by atoms with E-state index in [1.807, 2.05) is 13.8 Å². The van der Waals surface area contributed by atoms with Gasteiger partial charge in [0.1, 0.15) is 0 Å². The number of rotatable bonds is 5. The molecule has 200 valence electrons. The molecule has 36 heavy (non-hydrogen) atoms. The monoisotopic (exact) mass is 505 g/mol. The summed E-state index contributed by atoms with van der Waals surface area (Å²) in [6, 6.07) is -0.153. The van der Waals surface area contributed by atoms with Crippen LogP contribution in [0.3, 0.4) is 0 Å². The van der Waals surface area contributed by atoms with E-state index in [1.165, 1.54) is 12.2 Å². The van der Waals surface area contributed by atoms with Crippen molar-refractivity contribution in [3.8, 4) is 0 Å². The molecule has 0 aromatic rings. The Bertz CT molecular complexity index is 1010. The number of ketones is 2. The van der Waals surface area contributed by atoms with E-state index in [2.05, 4.69) is 5.32 Å². The molecule has 7 nitrogen and oxygen atoms in total. The molecule has 0 spiro atoms. The lowest BCUT2D eigenvalue weighted by Gasteiger charge is -2.65. The topological polar surface area (TPSA) is 113 Å². The van der Waals surface area contributed by atoms with Gasteiger partial charge in [-0.1, -0.05) is 38.8 Å². The maximum atomic E-state index is 17.2. The SMILES string of the molecule is CCCC(C)NC(=O)O[C@@]1(CO)C(=O)[C@@]2(C)C[C@H](O)[C@@]3(F)C(CCC4=CC(=O)C=C[C@@]43C)C2C[C@@H]1C. The van der Waals surface area contributed by atoms with E-state index in [-0.39, 0.29) is 18.2 Å². The van der Waals surface area contributed by atoms with Gasteiger partial charge in [-0.05, 0) is 64.0 Å². The standard InChI is InChI=1S/C28H40FNO6/c1-6-7-17(3)30-24(35)36-27(15-31)16(2)12-21-20-9-8-18-13-19(32)10-11-26(18,5)28(20,29)22(33)14-25(21,4)23(27)34/h10-11,13,16-17,20-22,31,33H,6-9,12,14-15H2,1-5H3,(H,30,35)/t16-,17?,20?,21?,22-,25-,26-,27+,28-/m0/s1. The number of alkyl carbamates (subject to hydrolysis) is 1. The number of alkyl halides is 1. The summed E-state index contributed by atoms with van der Waals surface area (Å²) in [5.74, 6) is -2.23. The van der Waals surface area contributed by atoms with Crippen LogP contribution in [0.25, 0.3) is 0 Å². The predicted molar refractivity (Wildman–Crippen MR) is 132 cm³/mol. The van der Waals surface area contributed by atoms with Crippen LogP contribution in [0.1, 0.15) is 73.1 Å². The molecule has 8 heteroatoms. The minimum atomic E-state index is -2.05. The van der Waals surface area contributed by atoms with E-state index >= 15 is 4.39 Å². The summed E-state index contributed by atoms with van der Waals surface area (Å²) in [7, 11) is 0. The van der Waals surface area contributed by atoms with Gasteiger partial charge in [-0.25, -0.2) is 9.18 Å². The van der Waals surface area contributed by atoms with Gasteiger partial charge in [0.2, 0.25) is 0 Å². The second-order valence-corrected chi connectivity index (χ2v) is 12.0. The molecule has 9 atom stereocenters. The van der Waals surface area contributed by atoms with Crippen molar-refractivity contribution in [3.05, 3.63) is 23.8 Å². The van der Waals surface area contributed by atoms with Crippen molar-refractivity contribution in [3.63, 3.8) is 0 Å². The molecule has 3 unspecified atom stereocenters. The lowest BCUT2D eigenvalue weighted by Crippen LogP contribution is -2.73. The Morgan fingerprint density at radius 2 is 2.00 bits per heavy atom. The Kier molecular flexibility index (Phi) is 6.78. The number of allylic oxidation sites excluding steroid dienone is 4. The summed E-state index contributed by atoms with van der Waals surface area (Å²) < 4.78 is 23.0. The predicted octanol–water partition coefficient (Wildman–Crippen LogP) is 3.82. The van der Waals surface area contributed by atoms with E-state index in [4.69, 9.17) is 4.74 Å². The van der Waals surface area contributed by atoms with Crippen LogP contribution in [0.15, 0.2) is 23.8 Å². The van der Waals surface area contributed by atoms with E-state index in [0.29, 0.717) is 24.8 Å². The first-order valence-corrected chi connectivity index (χ1v) is 13.3. The zero-order valence-electron chi connectivity index (χ0n) is 22.0. The smallest absolute Gasteiger partial charge is 0.408 e. The number of aliphatic hydroxyl groups is 2. The van der Waals surface area contributed by atoms with Crippen molar-refractivity contribution < 1.29 is 33.7 Å². The molecule has 3 N–H and O–H groups in total. The van der Waals surface area contributed by atoms with Gasteiger partial charge in [-0.3, -0.25) is 9.59 Å². The first kappa shape index (κ1) is 27.0. The minimum Gasteiger partial charge on any atom is -0.432 e. The molecule has 0 bridgehead atoms. The molecule has 0 aliphatic heterocycles. The zero-order valence-corrected chi connectivity index (χ0v) is 22.0. The number of carbonyl (C=O) groups is 3. The normalized spacial score (nSPS) is 44.6. The number of hydrogen-bond donors (Lipinski definition) is 3.